The van der Waals surface area contributed by atoms with Crippen molar-refractivity contribution >= 4 is 93.3 Å². The van der Waals surface area contributed by atoms with Crippen molar-refractivity contribution in [1.82, 2.24) is 18.7 Å². The summed E-state index contributed by atoms with van der Waals surface area (Å²) >= 11 is 8.34. The zero-order valence-electron chi connectivity index (χ0n) is 20.9. The molecule has 0 spiro atoms. The van der Waals surface area contributed by atoms with Crippen molar-refractivity contribution in [3.8, 4) is 11.1 Å². The van der Waals surface area contributed by atoms with Gasteiger partial charge >= 0.3 is 0 Å². The van der Waals surface area contributed by atoms with Crippen molar-refractivity contribution in [2.24, 2.45) is 0 Å². The molecule has 4 rings (SSSR count). The first kappa shape index (κ1) is 28.9. The minimum Gasteiger partial charge on any atom is -0.325 e. The number of carbonyl (C=O) groups is 2. The van der Waals surface area contributed by atoms with Crippen LogP contribution in [0.5, 0.6) is 0 Å². The summed E-state index contributed by atoms with van der Waals surface area (Å²) in [6.45, 7) is 3.95. The average Bonchev–Trinajstić information content (AvgIpc) is 3.58. The summed E-state index contributed by atoms with van der Waals surface area (Å²) in [5, 5.41) is 7.42. The molecule has 2 aromatic heterocycles. The largest absolute Gasteiger partial charge is 0.325 e. The fourth-order valence-electron chi connectivity index (χ4n) is 3.27. The van der Waals surface area contributed by atoms with Crippen LogP contribution in [-0.2, 0) is 9.59 Å². The predicted octanol–water partition coefficient (Wildman–Crippen LogP) is 6.58. The van der Waals surface area contributed by atoms with E-state index < -0.39 is 0 Å². The maximum absolute atomic E-state index is 12.5. The second-order valence-corrected chi connectivity index (χ2v) is 13.3. The number of anilines is 2. The number of nitrogens with zero attached hydrogens (tertiary/aromatic N) is 4. The first-order chi connectivity index (χ1) is 18.3. The summed E-state index contributed by atoms with van der Waals surface area (Å²) in [5.41, 5.74) is 5.56. The fraction of sp³-hybridized carbons (Fsp3) is 0.250. The third-order valence-corrected chi connectivity index (χ3v) is 10.1. The van der Waals surface area contributed by atoms with Crippen LogP contribution in [0, 0.1) is 13.8 Å². The van der Waals surface area contributed by atoms with E-state index in [1.807, 2.05) is 62.8 Å². The molecule has 0 saturated carbocycles. The zero-order valence-corrected chi connectivity index (χ0v) is 25.8. The minimum atomic E-state index is -0.0864. The lowest BCUT2D eigenvalue weighted by Gasteiger charge is -2.13. The first-order valence-electron chi connectivity index (χ1n) is 11.2. The summed E-state index contributed by atoms with van der Waals surface area (Å²) < 4.78 is 9.99. The van der Waals surface area contributed by atoms with Crippen LogP contribution in [0.25, 0.3) is 11.1 Å². The van der Waals surface area contributed by atoms with E-state index in [2.05, 4.69) is 29.3 Å². The summed E-state index contributed by atoms with van der Waals surface area (Å²) in [7, 11) is 0. The number of aryl methyl sites for hydroxylation is 2. The van der Waals surface area contributed by atoms with Crippen LogP contribution in [-0.4, -0.2) is 54.5 Å². The number of amides is 2. The smallest absolute Gasteiger partial charge is 0.234 e. The van der Waals surface area contributed by atoms with E-state index in [4.69, 9.17) is 0 Å². The Hall–Kier alpha value is -2.10. The number of thioether (sulfide) groups is 4. The van der Waals surface area contributed by atoms with Gasteiger partial charge in [-0.3, -0.25) is 9.59 Å². The Morgan fingerprint density at radius 3 is 1.50 bits per heavy atom. The van der Waals surface area contributed by atoms with Crippen molar-refractivity contribution in [1.29, 1.82) is 0 Å². The van der Waals surface area contributed by atoms with Crippen molar-refractivity contribution in [3.63, 3.8) is 0 Å². The molecule has 2 aromatic carbocycles. The van der Waals surface area contributed by atoms with E-state index >= 15 is 0 Å². The van der Waals surface area contributed by atoms with Crippen LogP contribution in [0.1, 0.15) is 11.1 Å². The quantitative estimate of drug-likeness (QED) is 0.179. The van der Waals surface area contributed by atoms with Gasteiger partial charge in [-0.25, -0.2) is 9.97 Å². The number of carbonyl (C=O) groups excluding carboxylic acids is 2. The zero-order chi connectivity index (χ0) is 27.1. The van der Waals surface area contributed by atoms with Crippen LogP contribution in [0.15, 0.2) is 55.4 Å². The van der Waals surface area contributed by atoms with Gasteiger partial charge in [0.1, 0.15) is 0 Å². The lowest BCUT2D eigenvalue weighted by atomic mass is 10.00. The van der Waals surface area contributed by atoms with Gasteiger partial charge in [-0.2, -0.15) is 8.75 Å². The number of benzene rings is 2. The Bertz CT molecular complexity index is 1330. The molecule has 0 aliphatic heterocycles. The Morgan fingerprint density at radius 2 is 1.16 bits per heavy atom. The van der Waals surface area contributed by atoms with E-state index in [-0.39, 0.29) is 23.3 Å². The van der Waals surface area contributed by atoms with Gasteiger partial charge in [0.2, 0.25) is 22.1 Å². The summed E-state index contributed by atoms with van der Waals surface area (Å²) in [5.74, 6) is 0.372. The molecule has 2 heterocycles. The van der Waals surface area contributed by atoms with Gasteiger partial charge in [-0.05, 0) is 95.9 Å². The first-order valence-corrected chi connectivity index (χ1v) is 17.1. The lowest BCUT2D eigenvalue weighted by molar-refractivity contribution is -0.114. The molecule has 8 nitrogen and oxygen atoms in total. The van der Waals surface area contributed by atoms with Crippen LogP contribution in [0.4, 0.5) is 11.4 Å². The highest BCUT2D eigenvalue weighted by atomic mass is 32.2. The maximum atomic E-state index is 12.5. The number of rotatable bonds is 11. The molecule has 198 valence electrons. The molecule has 0 saturated heterocycles. The highest BCUT2D eigenvalue weighted by molar-refractivity contribution is 8.02. The highest BCUT2D eigenvalue weighted by Crippen LogP contribution is 2.29. The van der Waals surface area contributed by atoms with Crippen LogP contribution >= 0.6 is 70.1 Å². The van der Waals surface area contributed by atoms with E-state index in [9.17, 15) is 9.59 Å². The molecule has 0 aliphatic rings. The van der Waals surface area contributed by atoms with Gasteiger partial charge in [0.05, 0.1) is 11.5 Å². The standard InChI is InChI=1S/C24H24N6O2S6/c1-13-9-15(5-7-17(13)25-19(31)11-35-23-27-21(33-3)29-37-23)16-6-8-18(14(2)10-16)26-20(32)12-36-24-28-22(34-4)30-38-24/h5-10H,11-12H2,1-4H3,(H,25,31)(H,26,32). The fourth-order valence-corrected chi connectivity index (χ4v) is 7.29. The topological polar surface area (TPSA) is 110 Å². The maximum Gasteiger partial charge on any atom is 0.234 e. The minimum absolute atomic E-state index is 0.0864. The number of aromatic nitrogens is 4. The normalized spacial score (nSPS) is 10.9. The van der Waals surface area contributed by atoms with Crippen molar-refractivity contribution in [2.45, 2.75) is 32.8 Å². The highest BCUT2D eigenvalue weighted by Gasteiger charge is 2.12. The molecule has 0 aliphatic carbocycles. The molecule has 14 heteroatoms. The van der Waals surface area contributed by atoms with Crippen molar-refractivity contribution < 1.29 is 9.59 Å². The molecule has 0 fully saturated rings. The van der Waals surface area contributed by atoms with E-state index in [1.165, 1.54) is 70.1 Å². The van der Waals surface area contributed by atoms with Crippen LogP contribution in [0.2, 0.25) is 0 Å². The summed E-state index contributed by atoms with van der Waals surface area (Å²) in [6, 6.07) is 11.9. The number of hydrogen-bond donors (Lipinski definition) is 2. The molecular weight excluding hydrogens is 597 g/mol. The van der Waals surface area contributed by atoms with Crippen LogP contribution < -0.4 is 10.6 Å². The second-order valence-electron chi connectivity index (χ2n) is 7.83. The molecule has 2 N–H and O–H groups in total. The van der Waals surface area contributed by atoms with E-state index in [1.54, 1.807) is 0 Å². The van der Waals surface area contributed by atoms with Gasteiger partial charge < -0.3 is 10.6 Å². The van der Waals surface area contributed by atoms with Gasteiger partial charge in [-0.1, -0.05) is 59.2 Å². The molecule has 0 unspecified atom stereocenters. The van der Waals surface area contributed by atoms with E-state index in [0.29, 0.717) is 0 Å². The van der Waals surface area contributed by atoms with Crippen molar-refractivity contribution in [2.75, 3.05) is 34.7 Å². The average molecular weight is 621 g/mol. The molecule has 0 bridgehead atoms. The lowest BCUT2D eigenvalue weighted by Crippen LogP contribution is -2.15. The van der Waals surface area contributed by atoms with E-state index in [0.717, 1.165) is 52.6 Å². The van der Waals surface area contributed by atoms with Gasteiger partial charge in [0.15, 0.2) is 8.68 Å². The molecular formula is C24H24N6O2S6. The van der Waals surface area contributed by atoms with Gasteiger partial charge in [-0.15, -0.1) is 0 Å². The van der Waals surface area contributed by atoms with Gasteiger partial charge in [0, 0.05) is 11.4 Å². The third-order valence-electron chi connectivity index (χ3n) is 5.13. The number of hydrogen-bond acceptors (Lipinski definition) is 12. The molecule has 2 amide bonds. The molecule has 0 atom stereocenters. The Balaban J connectivity index is 1.32. The predicted molar refractivity (Wildman–Crippen MR) is 163 cm³/mol. The third kappa shape index (κ3) is 7.96. The van der Waals surface area contributed by atoms with Gasteiger partial charge in [0.25, 0.3) is 0 Å². The Morgan fingerprint density at radius 1 is 0.737 bits per heavy atom. The monoisotopic (exact) mass is 620 g/mol. The molecule has 4 aromatic rings. The summed E-state index contributed by atoms with van der Waals surface area (Å²) in [6.07, 6.45) is 3.85. The van der Waals surface area contributed by atoms with Crippen molar-refractivity contribution in [3.05, 3.63) is 47.5 Å². The Kier molecular flexibility index (Phi) is 10.5. The van der Waals surface area contributed by atoms with Crippen LogP contribution in [0.3, 0.4) is 0 Å². The second kappa shape index (κ2) is 13.8. The number of nitrogens with one attached hydrogen (secondary N) is 2. The Labute approximate surface area is 246 Å². The molecule has 38 heavy (non-hydrogen) atoms. The molecule has 0 radical (unpaired) electrons. The SMILES string of the molecule is CSc1nsc(SCC(=O)Nc2ccc(-c3ccc(NC(=O)CSc4nc(SC)ns4)c(C)c3)cc2C)n1. The summed E-state index contributed by atoms with van der Waals surface area (Å²) in [4.78, 5) is 33.6.